The molecule has 1 aromatic heterocycles. The summed E-state index contributed by atoms with van der Waals surface area (Å²) in [5.41, 5.74) is 2.42. The molecule has 1 heterocycles. The van der Waals surface area contributed by atoms with Crippen molar-refractivity contribution >= 4 is 28.4 Å². The van der Waals surface area contributed by atoms with E-state index >= 15 is 0 Å². The number of benzene rings is 1. The van der Waals surface area contributed by atoms with Crippen LogP contribution in [0.4, 0.5) is 5.82 Å². The molecule has 1 aromatic carbocycles. The van der Waals surface area contributed by atoms with E-state index in [1.54, 1.807) is 0 Å². The maximum Gasteiger partial charge on any atom is 0.125 e. The van der Waals surface area contributed by atoms with Gasteiger partial charge in [0.15, 0.2) is 0 Å². The zero-order valence-corrected chi connectivity index (χ0v) is 14.5. The molecule has 2 rings (SSSR count). The molecule has 0 fully saturated rings. The predicted octanol–water partition coefficient (Wildman–Crippen LogP) is 4.11. The van der Waals surface area contributed by atoms with Gasteiger partial charge in [0, 0.05) is 19.2 Å². The lowest BCUT2D eigenvalue weighted by Gasteiger charge is -2.08. The third-order valence-electron chi connectivity index (χ3n) is 3.21. The summed E-state index contributed by atoms with van der Waals surface area (Å²) >= 11 is 2.41. The Kier molecular flexibility index (Phi) is 6.79. The third-order valence-corrected chi connectivity index (χ3v) is 3.98. The predicted molar refractivity (Wildman–Crippen MR) is 96.6 cm³/mol. The number of alkyl halides is 1. The van der Waals surface area contributed by atoms with Crippen molar-refractivity contribution in [1.29, 1.82) is 0 Å². The summed E-state index contributed by atoms with van der Waals surface area (Å²) in [5, 5.41) is 3.05. The van der Waals surface area contributed by atoms with Crippen molar-refractivity contribution in [2.24, 2.45) is 0 Å². The summed E-state index contributed by atoms with van der Waals surface area (Å²) in [4.78, 5) is 4.48. The highest BCUT2D eigenvalue weighted by Crippen LogP contribution is 2.14. The number of rotatable bonds is 8. The quantitative estimate of drug-likeness (QED) is 0.539. The number of aryl methyl sites for hydroxylation is 1. The topological polar surface area (TPSA) is 34.1 Å². The van der Waals surface area contributed by atoms with Crippen LogP contribution in [0, 0.1) is 0 Å². The summed E-state index contributed by atoms with van der Waals surface area (Å²) in [6.45, 7) is 0.646. The van der Waals surface area contributed by atoms with Gasteiger partial charge in [-0.25, -0.2) is 4.98 Å². The average Bonchev–Trinajstić information content (AvgIpc) is 2.54. The molecule has 0 amide bonds. The minimum Gasteiger partial charge on any atom is -0.493 e. The Morgan fingerprint density at radius 3 is 2.62 bits per heavy atom. The highest BCUT2D eigenvalue weighted by molar-refractivity contribution is 14.1. The molecule has 0 unspecified atom stereocenters. The van der Waals surface area contributed by atoms with Crippen molar-refractivity contribution in [2.45, 2.75) is 19.3 Å². The lowest BCUT2D eigenvalue weighted by Crippen LogP contribution is -2.04. The van der Waals surface area contributed by atoms with E-state index in [4.69, 9.17) is 4.74 Å². The number of aromatic nitrogens is 1. The highest BCUT2D eigenvalue weighted by atomic mass is 127. The molecular formula is C17H21IN2O. The fraction of sp³-hybridized carbons (Fsp3) is 0.353. The van der Waals surface area contributed by atoms with Crippen molar-refractivity contribution in [3.63, 3.8) is 0 Å². The first-order chi connectivity index (χ1) is 10.3. The van der Waals surface area contributed by atoms with Gasteiger partial charge >= 0.3 is 0 Å². The van der Waals surface area contributed by atoms with Gasteiger partial charge in [0.2, 0.25) is 0 Å². The molecule has 112 valence electrons. The van der Waals surface area contributed by atoms with Crippen molar-refractivity contribution < 1.29 is 4.74 Å². The maximum absolute atomic E-state index is 5.78. The monoisotopic (exact) mass is 396 g/mol. The molecule has 0 bridgehead atoms. The summed E-state index contributed by atoms with van der Waals surface area (Å²) in [7, 11) is 1.88. The van der Waals surface area contributed by atoms with Crippen molar-refractivity contribution in [3.05, 3.63) is 53.7 Å². The van der Waals surface area contributed by atoms with Gasteiger partial charge in [-0.15, -0.1) is 0 Å². The third kappa shape index (κ3) is 5.53. The molecule has 0 saturated heterocycles. The van der Waals surface area contributed by atoms with E-state index in [0.717, 1.165) is 30.1 Å². The van der Waals surface area contributed by atoms with E-state index in [1.165, 1.54) is 16.4 Å². The Morgan fingerprint density at radius 2 is 1.90 bits per heavy atom. The number of hydrogen-bond acceptors (Lipinski definition) is 3. The first-order valence-corrected chi connectivity index (χ1v) is 8.76. The van der Waals surface area contributed by atoms with Gasteiger partial charge in [-0.3, -0.25) is 0 Å². The maximum atomic E-state index is 5.78. The zero-order valence-electron chi connectivity index (χ0n) is 12.3. The van der Waals surface area contributed by atoms with E-state index in [2.05, 4.69) is 57.2 Å². The first kappa shape index (κ1) is 16.1. The van der Waals surface area contributed by atoms with Gasteiger partial charge in [-0.05, 0) is 47.1 Å². The number of nitrogens with zero attached hydrogens (tertiary/aromatic N) is 1. The molecule has 0 aliphatic heterocycles. The Labute approximate surface area is 140 Å². The van der Waals surface area contributed by atoms with E-state index in [-0.39, 0.29) is 0 Å². The summed E-state index contributed by atoms with van der Waals surface area (Å²) in [6, 6.07) is 14.4. The minimum atomic E-state index is 0.646. The van der Waals surface area contributed by atoms with Crippen LogP contribution in [0.25, 0.3) is 0 Å². The second kappa shape index (κ2) is 8.87. The second-order valence-corrected chi connectivity index (χ2v) is 5.88. The SMILES string of the molecule is CNc1cccc(CCOc2ccc(CCCI)cc2)n1. The van der Waals surface area contributed by atoms with Crippen molar-refractivity contribution in [1.82, 2.24) is 4.98 Å². The molecule has 3 nitrogen and oxygen atoms in total. The number of hydrogen-bond donors (Lipinski definition) is 1. The molecule has 0 atom stereocenters. The molecule has 0 spiro atoms. The van der Waals surface area contributed by atoms with E-state index < -0.39 is 0 Å². The Bertz CT molecular complexity index is 543. The van der Waals surface area contributed by atoms with Crippen molar-refractivity contribution in [3.8, 4) is 5.75 Å². The second-order valence-electron chi connectivity index (χ2n) is 4.80. The van der Waals surface area contributed by atoms with Crippen LogP contribution in [-0.4, -0.2) is 23.1 Å². The van der Waals surface area contributed by atoms with E-state index in [1.807, 2.05) is 25.2 Å². The minimum absolute atomic E-state index is 0.646. The number of anilines is 1. The van der Waals surface area contributed by atoms with Gasteiger partial charge < -0.3 is 10.1 Å². The number of ether oxygens (including phenoxy) is 1. The molecule has 2 aromatic rings. The van der Waals surface area contributed by atoms with Gasteiger partial charge in [0.05, 0.1) is 6.61 Å². The van der Waals surface area contributed by atoms with Crippen LogP contribution in [0.5, 0.6) is 5.75 Å². The first-order valence-electron chi connectivity index (χ1n) is 7.23. The summed E-state index contributed by atoms with van der Waals surface area (Å²) in [6.07, 6.45) is 3.18. The molecule has 0 aliphatic rings. The molecule has 1 N–H and O–H groups in total. The van der Waals surface area contributed by atoms with Crippen LogP contribution in [-0.2, 0) is 12.8 Å². The van der Waals surface area contributed by atoms with Gasteiger partial charge in [0.25, 0.3) is 0 Å². The van der Waals surface area contributed by atoms with Crippen LogP contribution >= 0.6 is 22.6 Å². The Hall–Kier alpha value is -1.30. The molecular weight excluding hydrogens is 375 g/mol. The van der Waals surface area contributed by atoms with E-state index in [0.29, 0.717) is 6.61 Å². The normalized spacial score (nSPS) is 10.4. The molecule has 21 heavy (non-hydrogen) atoms. The van der Waals surface area contributed by atoms with Gasteiger partial charge in [0.1, 0.15) is 11.6 Å². The zero-order chi connectivity index (χ0) is 14.9. The fourth-order valence-electron chi connectivity index (χ4n) is 2.05. The lowest BCUT2D eigenvalue weighted by atomic mass is 10.1. The van der Waals surface area contributed by atoms with E-state index in [9.17, 15) is 0 Å². The Morgan fingerprint density at radius 1 is 1.10 bits per heavy atom. The highest BCUT2D eigenvalue weighted by Gasteiger charge is 1.99. The number of pyridine rings is 1. The summed E-state index contributed by atoms with van der Waals surface area (Å²) in [5.74, 6) is 1.82. The average molecular weight is 396 g/mol. The van der Waals surface area contributed by atoms with Crippen LogP contribution in [0.1, 0.15) is 17.7 Å². The fourth-order valence-corrected chi connectivity index (χ4v) is 2.44. The van der Waals surface area contributed by atoms with Gasteiger partial charge in [-0.1, -0.05) is 40.8 Å². The molecule has 0 radical (unpaired) electrons. The van der Waals surface area contributed by atoms with Crippen molar-refractivity contribution in [2.75, 3.05) is 23.4 Å². The summed E-state index contributed by atoms with van der Waals surface area (Å²) < 4.78 is 6.98. The van der Waals surface area contributed by atoms with Crippen LogP contribution in [0.2, 0.25) is 0 Å². The molecule has 4 heteroatoms. The smallest absolute Gasteiger partial charge is 0.125 e. The van der Waals surface area contributed by atoms with Crippen LogP contribution < -0.4 is 10.1 Å². The lowest BCUT2D eigenvalue weighted by molar-refractivity contribution is 0.320. The molecule has 0 saturated carbocycles. The van der Waals surface area contributed by atoms with Crippen LogP contribution in [0.3, 0.4) is 0 Å². The largest absolute Gasteiger partial charge is 0.493 e. The number of nitrogens with one attached hydrogen (secondary N) is 1. The standard InChI is InChI=1S/C17H21IN2O/c1-19-17-6-2-5-15(20-17)11-13-21-16-9-7-14(8-10-16)4-3-12-18/h2,5-10H,3-4,11-13H2,1H3,(H,19,20). The Balaban J connectivity index is 1.80. The van der Waals surface area contributed by atoms with Crippen LogP contribution in [0.15, 0.2) is 42.5 Å². The number of halogens is 1. The van der Waals surface area contributed by atoms with Gasteiger partial charge in [-0.2, -0.15) is 0 Å². The molecule has 0 aliphatic carbocycles.